The highest BCUT2D eigenvalue weighted by Crippen LogP contribution is 2.41. The Kier molecular flexibility index (Phi) is 7.12. The van der Waals surface area contributed by atoms with Gasteiger partial charge in [0.2, 0.25) is 0 Å². The molecule has 1 aromatic heterocycles. The Bertz CT molecular complexity index is 1240. The number of hydrogen-bond acceptors (Lipinski definition) is 5. The minimum Gasteiger partial charge on any atom is -0.507 e. The highest BCUT2D eigenvalue weighted by molar-refractivity contribution is 9.10. The van der Waals surface area contributed by atoms with Gasteiger partial charge in [-0.1, -0.05) is 41.1 Å². The summed E-state index contributed by atoms with van der Waals surface area (Å²) in [5, 5.41) is 11.3. The van der Waals surface area contributed by atoms with E-state index in [0.717, 1.165) is 27.6 Å². The summed E-state index contributed by atoms with van der Waals surface area (Å²) in [6.07, 6.45) is 4.20. The second kappa shape index (κ2) is 10.2. The molecule has 34 heavy (non-hydrogen) atoms. The van der Waals surface area contributed by atoms with E-state index in [9.17, 15) is 14.7 Å². The quantitative estimate of drug-likeness (QED) is 0.250. The minimum absolute atomic E-state index is 0.0709. The Morgan fingerprint density at radius 1 is 1.15 bits per heavy atom. The van der Waals surface area contributed by atoms with Gasteiger partial charge in [0.25, 0.3) is 11.7 Å². The van der Waals surface area contributed by atoms with E-state index in [4.69, 9.17) is 4.74 Å². The largest absolute Gasteiger partial charge is 0.507 e. The van der Waals surface area contributed by atoms with Crippen molar-refractivity contribution in [3.8, 4) is 5.75 Å². The lowest BCUT2D eigenvalue weighted by Crippen LogP contribution is -2.29. The van der Waals surface area contributed by atoms with E-state index >= 15 is 0 Å². The van der Waals surface area contributed by atoms with E-state index in [0.29, 0.717) is 17.9 Å². The molecule has 1 unspecified atom stereocenters. The molecular formula is C27H25BrN2O4. The van der Waals surface area contributed by atoms with Gasteiger partial charge in [-0.25, -0.2) is 0 Å². The van der Waals surface area contributed by atoms with Crippen LogP contribution in [-0.4, -0.2) is 33.3 Å². The average molecular weight is 521 g/mol. The number of pyridine rings is 1. The van der Waals surface area contributed by atoms with Crippen LogP contribution in [0.15, 0.2) is 77.0 Å². The van der Waals surface area contributed by atoms with Crippen molar-refractivity contribution in [3.05, 3.63) is 99.3 Å². The maximum atomic E-state index is 13.2. The van der Waals surface area contributed by atoms with Crippen molar-refractivity contribution in [3.63, 3.8) is 0 Å². The second-order valence-corrected chi connectivity index (χ2v) is 9.08. The standard InChI is InChI=1S/C27H25BrN2O4/c1-3-13-34-21-10-11-22(17(2)14-21)25(31)23-24(19-6-8-20(28)9-7-19)30(27(33)26(23)32)16-18-5-4-12-29-15-18/h4-12,14-15,24,31H,3,13,16H2,1-2H3/b25-23+. The summed E-state index contributed by atoms with van der Waals surface area (Å²) < 4.78 is 6.56. The molecule has 0 spiro atoms. The van der Waals surface area contributed by atoms with Crippen LogP contribution in [0.25, 0.3) is 5.76 Å². The fourth-order valence-electron chi connectivity index (χ4n) is 4.08. The Morgan fingerprint density at radius 3 is 2.56 bits per heavy atom. The topological polar surface area (TPSA) is 79.7 Å². The molecule has 0 aliphatic carbocycles. The Morgan fingerprint density at radius 2 is 1.91 bits per heavy atom. The van der Waals surface area contributed by atoms with Crippen LogP contribution in [0.1, 0.15) is 41.6 Å². The number of aliphatic hydroxyl groups is 1. The van der Waals surface area contributed by atoms with Gasteiger partial charge in [0.05, 0.1) is 18.2 Å². The molecule has 0 bridgehead atoms. The summed E-state index contributed by atoms with van der Waals surface area (Å²) in [5.74, 6) is -0.865. The molecule has 3 aromatic rings. The van der Waals surface area contributed by atoms with E-state index < -0.39 is 17.7 Å². The zero-order chi connectivity index (χ0) is 24.2. The predicted octanol–water partition coefficient (Wildman–Crippen LogP) is 5.56. The number of carbonyl (C=O) groups excluding carboxylic acids is 2. The third kappa shape index (κ3) is 4.75. The van der Waals surface area contributed by atoms with Gasteiger partial charge in [-0.2, -0.15) is 0 Å². The van der Waals surface area contributed by atoms with Crippen LogP contribution in [0.2, 0.25) is 0 Å². The number of hydrogen-bond donors (Lipinski definition) is 1. The van der Waals surface area contributed by atoms with Crippen molar-refractivity contribution in [1.29, 1.82) is 0 Å². The molecule has 1 fully saturated rings. The van der Waals surface area contributed by atoms with Crippen molar-refractivity contribution in [2.45, 2.75) is 32.9 Å². The van der Waals surface area contributed by atoms with Gasteiger partial charge in [0, 0.05) is 29.0 Å². The number of aryl methyl sites for hydroxylation is 1. The first kappa shape index (κ1) is 23.7. The number of ether oxygens (including phenoxy) is 1. The third-order valence-electron chi connectivity index (χ3n) is 5.73. The molecule has 7 heteroatoms. The summed E-state index contributed by atoms with van der Waals surface area (Å²) in [4.78, 5) is 32.0. The second-order valence-electron chi connectivity index (χ2n) is 8.17. The molecule has 1 N–H and O–H groups in total. The first-order valence-electron chi connectivity index (χ1n) is 11.1. The molecule has 4 rings (SSSR count). The summed E-state index contributed by atoms with van der Waals surface area (Å²) >= 11 is 3.43. The maximum Gasteiger partial charge on any atom is 0.295 e. The zero-order valence-electron chi connectivity index (χ0n) is 19.0. The molecule has 1 aliphatic rings. The van der Waals surface area contributed by atoms with Gasteiger partial charge in [-0.3, -0.25) is 14.6 Å². The van der Waals surface area contributed by atoms with Crippen molar-refractivity contribution < 1.29 is 19.4 Å². The summed E-state index contributed by atoms with van der Waals surface area (Å²) in [6, 6.07) is 15.6. The Hall–Kier alpha value is -3.45. The van der Waals surface area contributed by atoms with Crippen molar-refractivity contribution >= 4 is 33.4 Å². The summed E-state index contributed by atoms with van der Waals surface area (Å²) in [6.45, 7) is 4.65. The number of rotatable bonds is 7. The SMILES string of the molecule is CCCOc1ccc(/C(O)=C2\C(=O)C(=O)N(Cc3cccnc3)C2c2ccc(Br)cc2)c(C)c1. The lowest BCUT2D eigenvalue weighted by Gasteiger charge is -2.25. The van der Waals surface area contributed by atoms with Crippen molar-refractivity contribution in [2.24, 2.45) is 0 Å². The lowest BCUT2D eigenvalue weighted by atomic mass is 9.94. The number of aliphatic hydroxyl groups excluding tert-OH is 1. The number of benzene rings is 2. The highest BCUT2D eigenvalue weighted by atomic mass is 79.9. The van der Waals surface area contributed by atoms with E-state index in [2.05, 4.69) is 20.9 Å². The molecule has 1 atom stereocenters. The fraction of sp³-hybridized carbons (Fsp3) is 0.222. The normalized spacial score (nSPS) is 17.3. The number of carbonyl (C=O) groups is 2. The molecule has 1 saturated heterocycles. The van der Waals surface area contributed by atoms with Gasteiger partial charge in [0.15, 0.2) is 0 Å². The number of Topliss-reactive ketones (excluding diaryl/α,β-unsaturated/α-hetero) is 1. The van der Waals surface area contributed by atoms with Crippen molar-refractivity contribution in [2.75, 3.05) is 6.61 Å². The third-order valence-corrected chi connectivity index (χ3v) is 6.26. The number of aromatic nitrogens is 1. The van der Waals surface area contributed by atoms with Crippen LogP contribution < -0.4 is 4.74 Å². The van der Waals surface area contributed by atoms with Crippen LogP contribution in [0, 0.1) is 6.92 Å². The molecule has 174 valence electrons. The number of halogens is 1. The van der Waals surface area contributed by atoms with E-state index in [1.807, 2.05) is 50.2 Å². The molecule has 0 radical (unpaired) electrons. The molecule has 6 nitrogen and oxygen atoms in total. The minimum atomic E-state index is -0.733. The molecule has 2 aromatic carbocycles. The number of nitrogens with zero attached hydrogens (tertiary/aromatic N) is 2. The van der Waals surface area contributed by atoms with Gasteiger partial charge in [-0.15, -0.1) is 0 Å². The van der Waals surface area contributed by atoms with E-state index in [-0.39, 0.29) is 17.9 Å². The van der Waals surface area contributed by atoms with Crippen LogP contribution in [0.3, 0.4) is 0 Å². The molecule has 0 saturated carbocycles. The maximum absolute atomic E-state index is 13.2. The van der Waals surface area contributed by atoms with Gasteiger partial charge >= 0.3 is 0 Å². The zero-order valence-corrected chi connectivity index (χ0v) is 20.6. The number of likely N-dealkylation sites (tertiary alicyclic amines) is 1. The van der Waals surface area contributed by atoms with E-state index in [1.54, 1.807) is 30.6 Å². The summed E-state index contributed by atoms with van der Waals surface area (Å²) in [7, 11) is 0. The highest BCUT2D eigenvalue weighted by Gasteiger charge is 2.46. The van der Waals surface area contributed by atoms with Crippen LogP contribution >= 0.6 is 15.9 Å². The monoisotopic (exact) mass is 520 g/mol. The molecule has 2 heterocycles. The molecule has 1 aliphatic heterocycles. The number of amides is 1. The van der Waals surface area contributed by atoms with E-state index in [1.165, 1.54) is 4.90 Å². The average Bonchev–Trinajstić information content (AvgIpc) is 3.08. The smallest absolute Gasteiger partial charge is 0.295 e. The Labute approximate surface area is 207 Å². The fourth-order valence-corrected chi connectivity index (χ4v) is 4.34. The van der Waals surface area contributed by atoms with Crippen LogP contribution in [0.4, 0.5) is 0 Å². The van der Waals surface area contributed by atoms with Crippen LogP contribution in [-0.2, 0) is 16.1 Å². The van der Waals surface area contributed by atoms with Gasteiger partial charge in [-0.05, 0) is 66.4 Å². The first-order chi connectivity index (χ1) is 16.4. The Balaban J connectivity index is 1.82. The van der Waals surface area contributed by atoms with Crippen LogP contribution in [0.5, 0.6) is 5.75 Å². The first-order valence-corrected chi connectivity index (χ1v) is 11.9. The lowest BCUT2D eigenvalue weighted by molar-refractivity contribution is -0.140. The number of ketones is 1. The predicted molar refractivity (Wildman–Crippen MR) is 133 cm³/mol. The summed E-state index contributed by atoms with van der Waals surface area (Å²) in [5.41, 5.74) is 2.83. The molecular weight excluding hydrogens is 496 g/mol. The van der Waals surface area contributed by atoms with Gasteiger partial charge in [0.1, 0.15) is 11.5 Å². The van der Waals surface area contributed by atoms with Crippen molar-refractivity contribution in [1.82, 2.24) is 9.88 Å². The van der Waals surface area contributed by atoms with Gasteiger partial charge < -0.3 is 14.7 Å². The molecule has 1 amide bonds.